The zero-order valence-electron chi connectivity index (χ0n) is 68.5. The van der Waals surface area contributed by atoms with Gasteiger partial charge in [-0.15, -0.1) is 0 Å². The summed E-state index contributed by atoms with van der Waals surface area (Å²) >= 11 is 0. The number of carbonyl (C=O) groups is 4. The molecule has 0 amide bonds. The number of ether oxygens (including phenoxy) is 4. The zero-order chi connectivity index (χ0) is 76.5. The van der Waals surface area contributed by atoms with Gasteiger partial charge < -0.3 is 33.8 Å². The van der Waals surface area contributed by atoms with E-state index in [0.29, 0.717) is 25.7 Å². The standard InChI is InChI=1S/C85H166O17P2/c1-8-9-10-11-12-13-38-45-52-59-66-82(87)95-72-80(101-85(90)69-62-55-48-41-34-28-22-25-31-37-44-51-58-65-78(6)7)74-99-103(91,92)97-70-79(86)71-98-104(93,94)100-75-81(73-96-83(88)67-60-53-46-39-32-26-21-20-24-30-36-43-50-57-64-77(4)5)102-84(89)68-61-54-47-40-33-27-19-17-15-14-16-18-23-29-35-42-49-56-63-76(2)3/h76-81,86H,8-75H2,1-7H3,(H,91,92)(H,93,94)/t79-,80+,81+/m0/s1. The molecule has 0 fully saturated rings. The predicted octanol–water partition coefficient (Wildman–Crippen LogP) is 25.7. The van der Waals surface area contributed by atoms with Crippen LogP contribution in [0.4, 0.5) is 0 Å². The van der Waals surface area contributed by atoms with Crippen molar-refractivity contribution in [1.82, 2.24) is 0 Å². The van der Waals surface area contributed by atoms with Crippen LogP contribution in [0.15, 0.2) is 0 Å². The van der Waals surface area contributed by atoms with Crippen molar-refractivity contribution >= 4 is 39.5 Å². The van der Waals surface area contributed by atoms with Crippen molar-refractivity contribution in [2.45, 2.75) is 465 Å². The van der Waals surface area contributed by atoms with Crippen molar-refractivity contribution in [3.8, 4) is 0 Å². The number of carbonyl (C=O) groups excluding carboxylic acids is 4. The number of rotatable bonds is 83. The lowest BCUT2D eigenvalue weighted by atomic mass is 10.0. The molecule has 3 N–H and O–H groups in total. The first-order valence-electron chi connectivity index (χ1n) is 43.8. The maximum atomic E-state index is 13.1. The molecule has 0 saturated heterocycles. The van der Waals surface area contributed by atoms with Gasteiger partial charge in [-0.25, -0.2) is 9.13 Å². The number of hydrogen-bond acceptors (Lipinski definition) is 15. The molecule has 5 atom stereocenters. The molecule has 618 valence electrons. The Hall–Kier alpha value is -1.94. The van der Waals surface area contributed by atoms with Gasteiger partial charge in [0.05, 0.1) is 26.4 Å². The molecule has 0 aromatic rings. The van der Waals surface area contributed by atoms with E-state index in [2.05, 4.69) is 48.5 Å². The van der Waals surface area contributed by atoms with Crippen LogP contribution in [-0.2, 0) is 65.4 Å². The van der Waals surface area contributed by atoms with Crippen LogP contribution in [0.5, 0.6) is 0 Å². The highest BCUT2D eigenvalue weighted by Gasteiger charge is 2.30. The molecular weight excluding hydrogens is 1350 g/mol. The minimum Gasteiger partial charge on any atom is -0.462 e. The molecule has 0 rings (SSSR count). The molecular formula is C85H166O17P2. The van der Waals surface area contributed by atoms with Crippen molar-refractivity contribution in [1.29, 1.82) is 0 Å². The Morgan fingerprint density at radius 1 is 0.260 bits per heavy atom. The van der Waals surface area contributed by atoms with Crippen LogP contribution in [0.25, 0.3) is 0 Å². The van der Waals surface area contributed by atoms with Gasteiger partial charge >= 0.3 is 39.5 Å². The molecule has 0 aliphatic heterocycles. The van der Waals surface area contributed by atoms with Crippen LogP contribution < -0.4 is 0 Å². The Morgan fingerprint density at radius 2 is 0.442 bits per heavy atom. The predicted molar refractivity (Wildman–Crippen MR) is 428 cm³/mol. The number of esters is 4. The minimum atomic E-state index is -4.97. The highest BCUT2D eigenvalue weighted by atomic mass is 31.2. The average Bonchev–Trinajstić information content (AvgIpc) is 0.903. The lowest BCUT2D eigenvalue weighted by molar-refractivity contribution is -0.161. The number of phosphoric acid groups is 2. The highest BCUT2D eigenvalue weighted by Crippen LogP contribution is 2.45. The second kappa shape index (κ2) is 75.1. The van der Waals surface area contributed by atoms with E-state index in [1.54, 1.807) is 0 Å². The Morgan fingerprint density at radius 3 is 0.654 bits per heavy atom. The van der Waals surface area contributed by atoms with E-state index in [1.807, 2.05) is 0 Å². The first kappa shape index (κ1) is 102. The van der Waals surface area contributed by atoms with Crippen LogP contribution in [0.2, 0.25) is 0 Å². The quantitative estimate of drug-likeness (QED) is 0.0222. The van der Waals surface area contributed by atoms with E-state index in [0.717, 1.165) is 108 Å². The van der Waals surface area contributed by atoms with Crippen molar-refractivity contribution in [3.05, 3.63) is 0 Å². The maximum Gasteiger partial charge on any atom is 0.472 e. The van der Waals surface area contributed by atoms with E-state index in [1.165, 1.54) is 257 Å². The second-order valence-electron chi connectivity index (χ2n) is 32.0. The van der Waals surface area contributed by atoms with Crippen molar-refractivity contribution in [2.75, 3.05) is 39.6 Å². The van der Waals surface area contributed by atoms with Crippen LogP contribution in [0.3, 0.4) is 0 Å². The Labute approximate surface area is 638 Å². The third kappa shape index (κ3) is 78.2. The van der Waals surface area contributed by atoms with E-state index in [-0.39, 0.29) is 25.7 Å². The summed E-state index contributed by atoms with van der Waals surface area (Å²) in [6.45, 7) is 12.0. The molecule has 0 saturated carbocycles. The van der Waals surface area contributed by atoms with Gasteiger partial charge in [-0.3, -0.25) is 37.3 Å². The number of aliphatic hydroxyl groups excluding tert-OH is 1. The average molecular weight is 1520 g/mol. The molecule has 17 nitrogen and oxygen atoms in total. The summed E-state index contributed by atoms with van der Waals surface area (Å²) < 4.78 is 68.8. The Kier molecular flexibility index (Phi) is 73.7. The fourth-order valence-electron chi connectivity index (χ4n) is 13.2. The Balaban J connectivity index is 5.23. The van der Waals surface area contributed by atoms with Gasteiger partial charge in [0.15, 0.2) is 12.2 Å². The van der Waals surface area contributed by atoms with Gasteiger partial charge in [0, 0.05) is 25.7 Å². The number of hydrogen-bond donors (Lipinski definition) is 3. The molecule has 0 spiro atoms. The van der Waals surface area contributed by atoms with Crippen LogP contribution in [0, 0.1) is 17.8 Å². The monoisotopic (exact) mass is 1520 g/mol. The SMILES string of the molecule is CCCCCCCCCCCCC(=O)OC[C@H](COP(=O)(O)OC[C@H](O)COP(=O)(O)OC[C@@H](COC(=O)CCCCCCCCCCCCCCCCC(C)C)OC(=O)CCCCCCCCCCCCCCCCCCCCC(C)C)OC(=O)CCCCCCCCCCCCCCCC(C)C. The summed E-state index contributed by atoms with van der Waals surface area (Å²) in [7, 11) is -9.93. The topological polar surface area (TPSA) is 237 Å². The molecule has 104 heavy (non-hydrogen) atoms. The lowest BCUT2D eigenvalue weighted by Crippen LogP contribution is -2.30. The third-order valence-corrected chi connectivity index (χ3v) is 21.8. The highest BCUT2D eigenvalue weighted by molar-refractivity contribution is 7.47. The number of phosphoric ester groups is 2. The van der Waals surface area contributed by atoms with Crippen molar-refractivity contribution in [3.63, 3.8) is 0 Å². The molecule has 0 aliphatic carbocycles. The van der Waals surface area contributed by atoms with Crippen LogP contribution in [-0.4, -0.2) is 96.7 Å². The van der Waals surface area contributed by atoms with Crippen molar-refractivity contribution in [2.24, 2.45) is 17.8 Å². The van der Waals surface area contributed by atoms with Gasteiger partial charge in [0.2, 0.25) is 0 Å². The lowest BCUT2D eigenvalue weighted by Gasteiger charge is -2.21. The number of aliphatic hydroxyl groups is 1. The number of unbranched alkanes of at least 4 members (excludes halogenated alkanes) is 51. The second-order valence-corrected chi connectivity index (χ2v) is 34.9. The first-order chi connectivity index (χ1) is 50.2. The summed E-state index contributed by atoms with van der Waals surface area (Å²) in [6, 6.07) is 0. The summed E-state index contributed by atoms with van der Waals surface area (Å²) in [6.07, 6.45) is 65.2. The molecule has 0 heterocycles. The minimum absolute atomic E-state index is 0.107. The maximum absolute atomic E-state index is 13.1. The molecule has 0 aromatic heterocycles. The Bertz CT molecular complexity index is 2010. The zero-order valence-corrected chi connectivity index (χ0v) is 70.3. The molecule has 19 heteroatoms. The smallest absolute Gasteiger partial charge is 0.462 e. The van der Waals surface area contributed by atoms with Gasteiger partial charge in [-0.05, 0) is 43.4 Å². The summed E-state index contributed by atoms with van der Waals surface area (Å²) in [5, 5.41) is 10.7. The fourth-order valence-corrected chi connectivity index (χ4v) is 14.8. The molecule has 0 radical (unpaired) electrons. The van der Waals surface area contributed by atoms with Crippen LogP contribution in [0.1, 0.15) is 447 Å². The van der Waals surface area contributed by atoms with Gasteiger partial charge in [-0.1, -0.05) is 395 Å². The largest absolute Gasteiger partial charge is 0.472 e. The summed E-state index contributed by atoms with van der Waals surface area (Å²) in [4.78, 5) is 73.2. The van der Waals surface area contributed by atoms with Gasteiger partial charge in [0.1, 0.15) is 19.3 Å². The van der Waals surface area contributed by atoms with Crippen LogP contribution >= 0.6 is 15.6 Å². The normalized spacial score (nSPS) is 13.9. The summed E-state index contributed by atoms with van der Waals surface area (Å²) in [5.41, 5.74) is 0. The fraction of sp³-hybridized carbons (Fsp3) is 0.953. The molecule has 0 aliphatic rings. The van der Waals surface area contributed by atoms with Gasteiger partial charge in [0.25, 0.3) is 0 Å². The van der Waals surface area contributed by atoms with Crippen molar-refractivity contribution < 1.29 is 80.2 Å². The molecule has 0 aromatic carbocycles. The van der Waals surface area contributed by atoms with E-state index in [4.69, 9.17) is 37.0 Å². The van der Waals surface area contributed by atoms with Gasteiger partial charge in [-0.2, -0.15) is 0 Å². The molecule has 2 unspecified atom stereocenters. The molecule has 0 bridgehead atoms. The first-order valence-corrected chi connectivity index (χ1v) is 46.8. The van der Waals surface area contributed by atoms with E-state index >= 15 is 0 Å². The summed E-state index contributed by atoms with van der Waals surface area (Å²) in [5.74, 6) is 0.301. The van der Waals surface area contributed by atoms with E-state index in [9.17, 15) is 43.2 Å². The van der Waals surface area contributed by atoms with E-state index < -0.39 is 97.5 Å². The third-order valence-electron chi connectivity index (χ3n) is 19.9.